The number of amides is 1. The average molecular weight is 246 g/mol. The van der Waals surface area contributed by atoms with Gasteiger partial charge in [0.15, 0.2) is 17.3 Å². The van der Waals surface area contributed by atoms with Crippen LogP contribution < -0.4 is 16.2 Å². The number of halogens is 1. The van der Waals surface area contributed by atoms with Crippen LogP contribution in [-0.2, 0) is 0 Å². The lowest BCUT2D eigenvalue weighted by molar-refractivity contribution is 0.100. The molecule has 0 saturated carbocycles. The Morgan fingerprint density at radius 2 is 1.83 bits per heavy atom. The number of para-hydroxylation sites is 1. The van der Waals surface area contributed by atoms with Gasteiger partial charge in [0.25, 0.3) is 0 Å². The largest absolute Gasteiger partial charge is 0.452 e. The number of hydrogen-bond donors (Lipinski definition) is 2. The highest BCUT2D eigenvalue weighted by molar-refractivity contribution is 5.94. The Morgan fingerprint density at radius 1 is 1.11 bits per heavy atom. The Kier molecular flexibility index (Phi) is 3.14. The molecule has 92 valence electrons. The molecule has 0 saturated heterocycles. The zero-order valence-corrected chi connectivity index (χ0v) is 9.39. The van der Waals surface area contributed by atoms with Crippen molar-refractivity contribution < 1.29 is 13.9 Å². The molecule has 1 amide bonds. The number of anilines is 1. The summed E-state index contributed by atoms with van der Waals surface area (Å²) >= 11 is 0. The van der Waals surface area contributed by atoms with Crippen molar-refractivity contribution in [3.05, 3.63) is 53.8 Å². The minimum atomic E-state index is -0.584. The molecule has 0 spiro atoms. The number of ether oxygens (including phenoxy) is 1. The van der Waals surface area contributed by atoms with E-state index in [4.69, 9.17) is 16.2 Å². The minimum Gasteiger partial charge on any atom is -0.452 e. The van der Waals surface area contributed by atoms with E-state index in [1.807, 2.05) is 0 Å². The number of benzene rings is 2. The van der Waals surface area contributed by atoms with E-state index in [2.05, 4.69) is 0 Å². The number of hydrogen-bond acceptors (Lipinski definition) is 3. The molecule has 5 heteroatoms. The van der Waals surface area contributed by atoms with Gasteiger partial charge in [0.1, 0.15) is 0 Å². The van der Waals surface area contributed by atoms with E-state index >= 15 is 0 Å². The molecule has 0 atom stereocenters. The smallest absolute Gasteiger partial charge is 0.248 e. The van der Waals surface area contributed by atoms with E-state index in [9.17, 15) is 9.18 Å². The molecule has 0 aromatic heterocycles. The summed E-state index contributed by atoms with van der Waals surface area (Å²) in [6, 6.07) is 10.3. The van der Waals surface area contributed by atoms with Crippen LogP contribution in [-0.4, -0.2) is 5.91 Å². The molecule has 0 unspecified atom stereocenters. The van der Waals surface area contributed by atoms with Gasteiger partial charge in [0, 0.05) is 5.56 Å². The molecule has 4 nitrogen and oxygen atoms in total. The van der Waals surface area contributed by atoms with Crippen molar-refractivity contribution in [3.8, 4) is 11.5 Å². The van der Waals surface area contributed by atoms with Crippen molar-refractivity contribution in [2.24, 2.45) is 5.73 Å². The lowest BCUT2D eigenvalue weighted by Gasteiger charge is -2.09. The summed E-state index contributed by atoms with van der Waals surface area (Å²) in [6.45, 7) is 0. The number of nitrogens with two attached hydrogens (primary N) is 2. The van der Waals surface area contributed by atoms with Gasteiger partial charge in [-0.15, -0.1) is 0 Å². The summed E-state index contributed by atoms with van der Waals surface area (Å²) in [7, 11) is 0. The van der Waals surface area contributed by atoms with Gasteiger partial charge in [0.2, 0.25) is 5.91 Å². The van der Waals surface area contributed by atoms with Crippen LogP contribution in [0.3, 0.4) is 0 Å². The predicted octanol–water partition coefficient (Wildman–Crippen LogP) is 2.30. The highest BCUT2D eigenvalue weighted by Gasteiger charge is 2.08. The van der Waals surface area contributed by atoms with Gasteiger partial charge in [-0.25, -0.2) is 4.39 Å². The topological polar surface area (TPSA) is 78.3 Å². The lowest BCUT2D eigenvalue weighted by atomic mass is 10.2. The fourth-order valence-corrected chi connectivity index (χ4v) is 1.44. The molecular weight excluding hydrogens is 235 g/mol. The van der Waals surface area contributed by atoms with Crippen LogP contribution in [0.2, 0.25) is 0 Å². The minimum absolute atomic E-state index is 0.0658. The van der Waals surface area contributed by atoms with Gasteiger partial charge < -0.3 is 16.2 Å². The first kappa shape index (κ1) is 11.9. The summed E-state index contributed by atoms with van der Waals surface area (Å²) < 4.78 is 18.7. The van der Waals surface area contributed by atoms with Gasteiger partial charge in [-0.2, -0.15) is 0 Å². The number of primary amides is 1. The van der Waals surface area contributed by atoms with Crippen molar-refractivity contribution >= 4 is 11.6 Å². The number of carbonyl (C=O) groups excluding carboxylic acids is 1. The first-order valence-electron chi connectivity index (χ1n) is 5.19. The van der Waals surface area contributed by atoms with Crippen molar-refractivity contribution in [2.45, 2.75) is 0 Å². The Bertz CT molecular complexity index is 599. The fourth-order valence-electron chi connectivity index (χ4n) is 1.44. The maximum atomic E-state index is 13.4. The van der Waals surface area contributed by atoms with Crippen LogP contribution in [0.5, 0.6) is 11.5 Å². The van der Waals surface area contributed by atoms with E-state index in [0.29, 0.717) is 0 Å². The average Bonchev–Trinajstić information content (AvgIpc) is 2.34. The van der Waals surface area contributed by atoms with E-state index in [-0.39, 0.29) is 22.7 Å². The van der Waals surface area contributed by atoms with Crippen LogP contribution in [0.4, 0.5) is 10.1 Å². The van der Waals surface area contributed by atoms with Crippen LogP contribution in [0, 0.1) is 5.82 Å². The van der Waals surface area contributed by atoms with E-state index in [0.717, 1.165) is 0 Å². The number of nitrogen functional groups attached to an aromatic ring is 1. The lowest BCUT2D eigenvalue weighted by Crippen LogP contribution is -2.11. The van der Waals surface area contributed by atoms with Crippen LogP contribution in [0.15, 0.2) is 42.5 Å². The van der Waals surface area contributed by atoms with Gasteiger partial charge in [-0.1, -0.05) is 12.1 Å². The van der Waals surface area contributed by atoms with Gasteiger partial charge in [0.05, 0.1) is 5.69 Å². The van der Waals surface area contributed by atoms with Crippen molar-refractivity contribution in [1.29, 1.82) is 0 Å². The van der Waals surface area contributed by atoms with Crippen LogP contribution in [0.25, 0.3) is 0 Å². The highest BCUT2D eigenvalue weighted by atomic mass is 19.1. The second-order valence-electron chi connectivity index (χ2n) is 3.65. The first-order valence-corrected chi connectivity index (χ1v) is 5.19. The molecule has 18 heavy (non-hydrogen) atoms. The highest BCUT2D eigenvalue weighted by Crippen LogP contribution is 2.29. The number of rotatable bonds is 3. The van der Waals surface area contributed by atoms with E-state index in [1.165, 1.54) is 30.3 Å². The SMILES string of the molecule is NC(=O)c1ccc(Oc2ccccc2F)c(N)c1. The molecule has 0 heterocycles. The quantitative estimate of drug-likeness (QED) is 0.815. The standard InChI is InChI=1S/C13H11FN2O2/c14-9-3-1-2-4-11(9)18-12-6-5-8(13(16)17)7-10(12)15/h1-7H,15H2,(H2,16,17). The molecule has 0 aliphatic carbocycles. The van der Waals surface area contributed by atoms with Crippen molar-refractivity contribution in [1.82, 2.24) is 0 Å². The molecule has 0 fully saturated rings. The number of carbonyl (C=O) groups is 1. The van der Waals surface area contributed by atoms with E-state index in [1.54, 1.807) is 12.1 Å². The third-order valence-electron chi connectivity index (χ3n) is 2.35. The zero-order valence-electron chi connectivity index (χ0n) is 9.39. The molecule has 0 aliphatic heterocycles. The van der Waals surface area contributed by atoms with Crippen LogP contribution in [0.1, 0.15) is 10.4 Å². The molecule has 4 N–H and O–H groups in total. The Labute approximate surface area is 103 Å². The monoisotopic (exact) mass is 246 g/mol. The summed E-state index contributed by atoms with van der Waals surface area (Å²) in [5.74, 6) is -0.740. The van der Waals surface area contributed by atoms with Gasteiger partial charge in [-0.3, -0.25) is 4.79 Å². The second-order valence-corrected chi connectivity index (χ2v) is 3.65. The Balaban J connectivity index is 2.30. The van der Waals surface area contributed by atoms with Crippen LogP contribution >= 0.6 is 0 Å². The fraction of sp³-hybridized carbons (Fsp3) is 0. The summed E-state index contributed by atoms with van der Waals surface area (Å²) in [6.07, 6.45) is 0. The molecule has 2 rings (SSSR count). The molecule has 2 aromatic carbocycles. The molecule has 0 aliphatic rings. The summed E-state index contributed by atoms with van der Waals surface area (Å²) in [4.78, 5) is 10.9. The third-order valence-corrected chi connectivity index (χ3v) is 2.35. The molecular formula is C13H11FN2O2. The maximum absolute atomic E-state index is 13.4. The molecule has 0 bridgehead atoms. The Hall–Kier alpha value is -2.56. The summed E-state index contributed by atoms with van der Waals surface area (Å²) in [5, 5.41) is 0. The van der Waals surface area contributed by atoms with Gasteiger partial charge in [-0.05, 0) is 30.3 Å². The van der Waals surface area contributed by atoms with Crippen molar-refractivity contribution in [3.63, 3.8) is 0 Å². The third kappa shape index (κ3) is 2.40. The molecule has 0 radical (unpaired) electrons. The second kappa shape index (κ2) is 4.75. The van der Waals surface area contributed by atoms with Crippen molar-refractivity contribution in [2.75, 3.05) is 5.73 Å². The maximum Gasteiger partial charge on any atom is 0.248 e. The predicted molar refractivity (Wildman–Crippen MR) is 65.8 cm³/mol. The normalized spacial score (nSPS) is 10.1. The van der Waals surface area contributed by atoms with Gasteiger partial charge >= 0.3 is 0 Å². The zero-order chi connectivity index (χ0) is 13.1. The van der Waals surface area contributed by atoms with E-state index < -0.39 is 11.7 Å². The Morgan fingerprint density at radius 3 is 2.44 bits per heavy atom. The summed E-state index contributed by atoms with van der Waals surface area (Å²) in [5.41, 5.74) is 11.3. The molecule has 2 aromatic rings. The first-order chi connectivity index (χ1) is 8.58.